The number of benzene rings is 1. The molecule has 106 valence electrons. The van der Waals surface area contributed by atoms with Crippen LogP contribution in [0.1, 0.15) is 45.1 Å². The minimum atomic E-state index is -0.323. The van der Waals surface area contributed by atoms with Crippen molar-refractivity contribution in [1.82, 2.24) is 4.90 Å². The third-order valence-electron chi connectivity index (χ3n) is 4.38. The van der Waals surface area contributed by atoms with Gasteiger partial charge >= 0.3 is 0 Å². The van der Waals surface area contributed by atoms with Gasteiger partial charge in [-0.25, -0.2) is 0 Å². The molecule has 19 heavy (non-hydrogen) atoms. The summed E-state index contributed by atoms with van der Waals surface area (Å²) >= 11 is 5.97. The zero-order chi connectivity index (χ0) is 13.9. The van der Waals surface area contributed by atoms with E-state index in [0.29, 0.717) is 6.04 Å². The van der Waals surface area contributed by atoms with Gasteiger partial charge in [-0.1, -0.05) is 37.1 Å². The van der Waals surface area contributed by atoms with E-state index in [1.54, 1.807) is 0 Å². The van der Waals surface area contributed by atoms with Crippen LogP contribution < -0.4 is 5.73 Å². The van der Waals surface area contributed by atoms with Crippen LogP contribution in [-0.2, 0) is 5.54 Å². The summed E-state index contributed by atoms with van der Waals surface area (Å²) in [5.74, 6) is 0. The van der Waals surface area contributed by atoms with Crippen LogP contribution in [-0.4, -0.2) is 24.0 Å². The molecule has 0 aliphatic carbocycles. The van der Waals surface area contributed by atoms with E-state index in [2.05, 4.69) is 30.9 Å². The Labute approximate surface area is 121 Å². The Hall–Kier alpha value is -0.570. The summed E-state index contributed by atoms with van der Waals surface area (Å²) < 4.78 is 0. The van der Waals surface area contributed by atoms with Gasteiger partial charge in [0.1, 0.15) is 0 Å². The molecule has 1 saturated heterocycles. The lowest BCUT2D eigenvalue weighted by atomic mass is 9.82. The van der Waals surface area contributed by atoms with Gasteiger partial charge in [0.25, 0.3) is 0 Å². The van der Waals surface area contributed by atoms with Crippen molar-refractivity contribution in [3.63, 3.8) is 0 Å². The molecule has 0 saturated carbocycles. The molecule has 0 aromatic heterocycles. The summed E-state index contributed by atoms with van der Waals surface area (Å²) in [7, 11) is 0. The normalized spacial score (nSPS) is 21.9. The molecule has 1 aromatic carbocycles. The van der Waals surface area contributed by atoms with E-state index in [0.717, 1.165) is 11.4 Å². The lowest BCUT2D eigenvalue weighted by Gasteiger charge is -2.43. The molecule has 0 amide bonds. The van der Waals surface area contributed by atoms with Crippen molar-refractivity contribution >= 4 is 11.6 Å². The summed E-state index contributed by atoms with van der Waals surface area (Å²) in [4.78, 5) is 2.57. The van der Waals surface area contributed by atoms with E-state index in [-0.39, 0.29) is 5.54 Å². The van der Waals surface area contributed by atoms with Gasteiger partial charge in [0.05, 0.1) is 5.54 Å². The SMILES string of the molecule is CCC(N1CCCCC1)C(C)(N)c1ccc(Cl)cc1. The van der Waals surface area contributed by atoms with Gasteiger partial charge in [-0.2, -0.15) is 0 Å². The molecule has 0 radical (unpaired) electrons. The largest absolute Gasteiger partial charge is 0.320 e. The van der Waals surface area contributed by atoms with Crippen LogP contribution in [0.4, 0.5) is 0 Å². The summed E-state index contributed by atoms with van der Waals surface area (Å²) in [6.07, 6.45) is 5.03. The van der Waals surface area contributed by atoms with Gasteiger partial charge in [0, 0.05) is 11.1 Å². The number of hydrogen-bond acceptors (Lipinski definition) is 2. The molecule has 1 aliphatic rings. The molecule has 1 aliphatic heterocycles. The van der Waals surface area contributed by atoms with Crippen LogP contribution in [0, 0.1) is 0 Å². The average molecular weight is 281 g/mol. The molecule has 2 unspecified atom stereocenters. The number of piperidine rings is 1. The molecule has 1 aromatic rings. The summed E-state index contributed by atoms with van der Waals surface area (Å²) in [5, 5.41) is 0.769. The predicted octanol–water partition coefficient (Wildman–Crippen LogP) is 3.78. The highest BCUT2D eigenvalue weighted by atomic mass is 35.5. The number of rotatable bonds is 4. The molecule has 2 N–H and O–H groups in total. The van der Waals surface area contributed by atoms with Crippen LogP contribution in [0.25, 0.3) is 0 Å². The molecule has 1 heterocycles. The number of hydrogen-bond donors (Lipinski definition) is 1. The van der Waals surface area contributed by atoms with E-state index >= 15 is 0 Å². The highest BCUT2D eigenvalue weighted by molar-refractivity contribution is 6.30. The standard InChI is InChI=1S/C16H25ClN2/c1-3-15(19-11-5-4-6-12-19)16(2,18)13-7-9-14(17)10-8-13/h7-10,15H,3-6,11-12,18H2,1-2H3. The van der Waals surface area contributed by atoms with Gasteiger partial charge in [-0.3, -0.25) is 4.90 Å². The predicted molar refractivity (Wildman–Crippen MR) is 82.5 cm³/mol. The molecule has 2 atom stereocenters. The molecule has 2 rings (SSSR count). The molecule has 0 spiro atoms. The summed E-state index contributed by atoms with van der Waals surface area (Å²) in [6, 6.07) is 8.40. The molecule has 0 bridgehead atoms. The van der Waals surface area contributed by atoms with Crippen LogP contribution in [0.5, 0.6) is 0 Å². The first-order valence-corrected chi connectivity index (χ1v) is 7.72. The first-order valence-electron chi connectivity index (χ1n) is 7.34. The van der Waals surface area contributed by atoms with Gasteiger partial charge in [0.2, 0.25) is 0 Å². The van der Waals surface area contributed by atoms with Crippen LogP contribution in [0.15, 0.2) is 24.3 Å². The minimum Gasteiger partial charge on any atom is -0.320 e. The highest BCUT2D eigenvalue weighted by Crippen LogP contribution is 2.30. The maximum absolute atomic E-state index is 6.69. The van der Waals surface area contributed by atoms with Gasteiger partial charge in [-0.05, 0) is 57.0 Å². The van der Waals surface area contributed by atoms with Gasteiger partial charge < -0.3 is 5.73 Å². The fourth-order valence-electron chi connectivity index (χ4n) is 3.29. The molecule has 2 nitrogen and oxygen atoms in total. The van der Waals surface area contributed by atoms with E-state index in [9.17, 15) is 0 Å². The average Bonchev–Trinajstić information content (AvgIpc) is 2.41. The topological polar surface area (TPSA) is 29.3 Å². The Balaban J connectivity index is 2.21. The van der Waals surface area contributed by atoms with E-state index in [4.69, 9.17) is 17.3 Å². The van der Waals surface area contributed by atoms with Crippen molar-refractivity contribution in [1.29, 1.82) is 0 Å². The zero-order valence-corrected chi connectivity index (χ0v) is 12.8. The van der Waals surface area contributed by atoms with Gasteiger partial charge in [-0.15, -0.1) is 0 Å². The van der Waals surface area contributed by atoms with Crippen molar-refractivity contribution in [2.45, 2.75) is 51.1 Å². The van der Waals surface area contributed by atoms with E-state index in [1.807, 2.05) is 12.1 Å². The van der Waals surface area contributed by atoms with Crippen molar-refractivity contribution in [3.8, 4) is 0 Å². The second-order valence-corrected chi connectivity index (χ2v) is 6.25. The summed E-state index contributed by atoms with van der Waals surface area (Å²) in [6.45, 7) is 6.75. The number of halogens is 1. The molecule has 3 heteroatoms. The maximum Gasteiger partial charge on any atom is 0.0538 e. The third kappa shape index (κ3) is 3.31. The van der Waals surface area contributed by atoms with Crippen LogP contribution in [0.3, 0.4) is 0 Å². The fraction of sp³-hybridized carbons (Fsp3) is 0.625. The Morgan fingerprint density at radius 2 is 1.79 bits per heavy atom. The zero-order valence-electron chi connectivity index (χ0n) is 12.0. The van der Waals surface area contributed by atoms with Crippen LogP contribution in [0.2, 0.25) is 5.02 Å². The van der Waals surface area contributed by atoms with Crippen LogP contribution >= 0.6 is 11.6 Å². The molecular weight excluding hydrogens is 256 g/mol. The Bertz CT molecular complexity index is 394. The van der Waals surface area contributed by atoms with Crippen molar-refractivity contribution in [3.05, 3.63) is 34.9 Å². The lowest BCUT2D eigenvalue weighted by Crippen LogP contribution is -2.55. The number of likely N-dealkylation sites (tertiary alicyclic amines) is 1. The fourth-order valence-corrected chi connectivity index (χ4v) is 3.42. The monoisotopic (exact) mass is 280 g/mol. The van der Waals surface area contributed by atoms with Crippen molar-refractivity contribution < 1.29 is 0 Å². The highest BCUT2D eigenvalue weighted by Gasteiger charge is 2.35. The third-order valence-corrected chi connectivity index (χ3v) is 4.63. The lowest BCUT2D eigenvalue weighted by molar-refractivity contribution is 0.101. The number of nitrogens with two attached hydrogens (primary N) is 1. The quantitative estimate of drug-likeness (QED) is 0.909. The Kier molecular flexibility index (Phi) is 4.88. The van der Waals surface area contributed by atoms with E-state index in [1.165, 1.54) is 37.9 Å². The van der Waals surface area contributed by atoms with Crippen molar-refractivity contribution in [2.24, 2.45) is 5.73 Å². The first kappa shape index (κ1) is 14.8. The first-order chi connectivity index (χ1) is 9.05. The van der Waals surface area contributed by atoms with Crippen molar-refractivity contribution in [2.75, 3.05) is 13.1 Å². The van der Waals surface area contributed by atoms with E-state index < -0.39 is 0 Å². The smallest absolute Gasteiger partial charge is 0.0538 e. The van der Waals surface area contributed by atoms with Gasteiger partial charge in [0.15, 0.2) is 0 Å². The minimum absolute atomic E-state index is 0.323. The maximum atomic E-state index is 6.69. The second kappa shape index (κ2) is 6.25. The molecular formula is C16H25ClN2. The Morgan fingerprint density at radius 3 is 2.32 bits per heavy atom. The molecule has 1 fully saturated rings. The second-order valence-electron chi connectivity index (χ2n) is 5.81. The number of nitrogens with zero attached hydrogens (tertiary/aromatic N) is 1. The summed E-state index contributed by atoms with van der Waals surface area (Å²) in [5.41, 5.74) is 7.54. The Morgan fingerprint density at radius 1 is 1.21 bits per heavy atom.